The molecule has 0 radical (unpaired) electrons. The lowest BCUT2D eigenvalue weighted by molar-refractivity contribution is 0.390. The van der Waals surface area contributed by atoms with Crippen LogP contribution in [0.1, 0.15) is 23.3 Å². The van der Waals surface area contributed by atoms with Crippen LogP contribution < -0.4 is 14.2 Å². The Morgan fingerprint density at radius 3 is 2.35 bits per heavy atom. The molecule has 0 bridgehead atoms. The third kappa shape index (κ3) is 4.24. The molecule has 23 heavy (non-hydrogen) atoms. The maximum Gasteiger partial charge on any atom is 0.218 e. The Hall–Kier alpha value is -2.05. The van der Waals surface area contributed by atoms with Gasteiger partial charge in [-0.15, -0.1) is 0 Å². The van der Waals surface area contributed by atoms with E-state index in [-0.39, 0.29) is 6.54 Å². The highest BCUT2D eigenvalue weighted by atomic mass is 32.2. The lowest BCUT2D eigenvalue weighted by Gasteiger charge is -2.16. The first kappa shape index (κ1) is 17.3. The van der Waals surface area contributed by atoms with Gasteiger partial charge in [-0.2, -0.15) is 0 Å². The minimum Gasteiger partial charge on any atom is -0.497 e. The van der Waals surface area contributed by atoms with E-state index in [0.717, 1.165) is 11.1 Å². The molecule has 6 heteroatoms. The van der Waals surface area contributed by atoms with Crippen LogP contribution in [0, 0.1) is 0 Å². The van der Waals surface area contributed by atoms with Gasteiger partial charge in [0.05, 0.1) is 19.5 Å². The van der Waals surface area contributed by atoms with Crippen molar-refractivity contribution in [2.75, 3.05) is 14.2 Å². The fraction of sp³-hybridized carbons (Fsp3) is 0.294. The van der Waals surface area contributed by atoms with Crippen LogP contribution in [0.3, 0.4) is 0 Å². The molecule has 0 saturated heterocycles. The molecule has 1 atom stereocenters. The van der Waals surface area contributed by atoms with Crippen molar-refractivity contribution in [1.82, 2.24) is 4.72 Å². The minimum absolute atomic E-state index is 0.159. The van der Waals surface area contributed by atoms with Gasteiger partial charge in [0.2, 0.25) is 10.0 Å². The summed E-state index contributed by atoms with van der Waals surface area (Å²) < 4.78 is 38.0. The first-order chi connectivity index (χ1) is 11.0. The molecule has 1 unspecified atom stereocenters. The van der Waals surface area contributed by atoms with Gasteiger partial charge >= 0.3 is 0 Å². The van der Waals surface area contributed by atoms with Crippen molar-refractivity contribution in [3.05, 3.63) is 59.7 Å². The average molecular weight is 335 g/mol. The number of nitrogens with one attached hydrogen (secondary N) is 1. The molecular weight excluding hydrogens is 314 g/mol. The van der Waals surface area contributed by atoms with E-state index in [1.54, 1.807) is 51.5 Å². The first-order valence-electron chi connectivity index (χ1n) is 7.22. The van der Waals surface area contributed by atoms with E-state index in [2.05, 4.69) is 4.72 Å². The normalized spacial score (nSPS) is 12.7. The SMILES string of the molecule is COc1ccc(CNS(=O)(=O)C(C)c2ccccc2)c(OC)c1. The lowest BCUT2D eigenvalue weighted by Crippen LogP contribution is -2.27. The fourth-order valence-corrected chi connectivity index (χ4v) is 3.33. The zero-order valence-electron chi connectivity index (χ0n) is 13.4. The number of ether oxygens (including phenoxy) is 2. The monoisotopic (exact) mass is 335 g/mol. The molecule has 0 spiro atoms. The highest BCUT2D eigenvalue weighted by molar-refractivity contribution is 7.89. The predicted molar refractivity (Wildman–Crippen MR) is 90.2 cm³/mol. The molecular formula is C17H21NO4S. The summed E-state index contributed by atoms with van der Waals surface area (Å²) in [4.78, 5) is 0. The fourth-order valence-electron chi connectivity index (χ4n) is 2.20. The number of hydrogen-bond donors (Lipinski definition) is 1. The van der Waals surface area contributed by atoms with Crippen molar-refractivity contribution < 1.29 is 17.9 Å². The Balaban J connectivity index is 2.13. The molecule has 0 saturated carbocycles. The topological polar surface area (TPSA) is 64.6 Å². The second-order valence-corrected chi connectivity index (χ2v) is 7.18. The van der Waals surface area contributed by atoms with Gasteiger partial charge in [0.15, 0.2) is 0 Å². The second kappa shape index (κ2) is 7.48. The molecule has 2 aromatic rings. The third-order valence-electron chi connectivity index (χ3n) is 3.69. The highest BCUT2D eigenvalue weighted by Gasteiger charge is 2.22. The van der Waals surface area contributed by atoms with E-state index in [0.29, 0.717) is 11.5 Å². The predicted octanol–water partition coefficient (Wildman–Crippen LogP) is 2.88. The van der Waals surface area contributed by atoms with Crippen LogP contribution in [0.5, 0.6) is 11.5 Å². The molecule has 2 aromatic carbocycles. The van der Waals surface area contributed by atoms with Crippen LogP contribution in [-0.2, 0) is 16.6 Å². The quantitative estimate of drug-likeness (QED) is 0.845. The molecule has 124 valence electrons. The number of hydrogen-bond acceptors (Lipinski definition) is 4. The molecule has 0 aliphatic heterocycles. The number of sulfonamides is 1. The second-order valence-electron chi connectivity index (χ2n) is 5.10. The van der Waals surface area contributed by atoms with Gasteiger partial charge in [-0.05, 0) is 18.6 Å². The van der Waals surface area contributed by atoms with E-state index < -0.39 is 15.3 Å². The van der Waals surface area contributed by atoms with Crippen molar-refractivity contribution in [2.45, 2.75) is 18.7 Å². The van der Waals surface area contributed by atoms with Gasteiger partial charge in [-0.3, -0.25) is 0 Å². The standard InChI is InChI=1S/C17H21NO4S/c1-13(14-7-5-4-6-8-14)23(19,20)18-12-15-9-10-16(21-2)11-17(15)22-3/h4-11,13,18H,12H2,1-3H3. The van der Waals surface area contributed by atoms with Gasteiger partial charge in [-0.25, -0.2) is 13.1 Å². The average Bonchev–Trinajstić information content (AvgIpc) is 2.59. The Morgan fingerprint density at radius 1 is 1.04 bits per heavy atom. The molecule has 0 aliphatic carbocycles. The van der Waals surface area contributed by atoms with E-state index in [1.807, 2.05) is 18.2 Å². The largest absolute Gasteiger partial charge is 0.497 e. The summed E-state index contributed by atoms with van der Waals surface area (Å²) in [6, 6.07) is 14.4. The molecule has 1 N–H and O–H groups in total. The van der Waals surface area contributed by atoms with Crippen molar-refractivity contribution >= 4 is 10.0 Å². The molecule has 5 nitrogen and oxygen atoms in total. The maximum absolute atomic E-state index is 12.5. The van der Waals surface area contributed by atoms with Crippen LogP contribution in [-0.4, -0.2) is 22.6 Å². The van der Waals surface area contributed by atoms with E-state index in [1.165, 1.54) is 0 Å². The Bertz CT molecular complexity index is 744. The van der Waals surface area contributed by atoms with Crippen molar-refractivity contribution in [2.24, 2.45) is 0 Å². The van der Waals surface area contributed by atoms with Crippen LogP contribution in [0.2, 0.25) is 0 Å². The lowest BCUT2D eigenvalue weighted by atomic mass is 10.2. The molecule has 2 rings (SSSR count). The minimum atomic E-state index is -3.49. The molecule has 0 aliphatic rings. The van der Waals surface area contributed by atoms with Gasteiger partial charge < -0.3 is 9.47 Å². The summed E-state index contributed by atoms with van der Waals surface area (Å²) in [5.74, 6) is 1.24. The van der Waals surface area contributed by atoms with Crippen LogP contribution in [0.15, 0.2) is 48.5 Å². The number of rotatable bonds is 7. The molecule has 0 heterocycles. The molecule has 0 amide bonds. The summed E-state index contributed by atoms with van der Waals surface area (Å²) in [6.07, 6.45) is 0. The Morgan fingerprint density at radius 2 is 1.74 bits per heavy atom. The van der Waals surface area contributed by atoms with E-state index in [4.69, 9.17) is 9.47 Å². The number of benzene rings is 2. The highest BCUT2D eigenvalue weighted by Crippen LogP contribution is 2.26. The molecule has 0 fully saturated rings. The maximum atomic E-state index is 12.5. The third-order valence-corrected chi connectivity index (χ3v) is 5.44. The van der Waals surface area contributed by atoms with Crippen LogP contribution >= 0.6 is 0 Å². The van der Waals surface area contributed by atoms with Gasteiger partial charge in [0.1, 0.15) is 11.5 Å². The zero-order valence-corrected chi connectivity index (χ0v) is 14.3. The van der Waals surface area contributed by atoms with Gasteiger partial charge in [0, 0.05) is 18.2 Å². The van der Waals surface area contributed by atoms with Crippen LogP contribution in [0.4, 0.5) is 0 Å². The van der Waals surface area contributed by atoms with Crippen LogP contribution in [0.25, 0.3) is 0 Å². The number of methoxy groups -OCH3 is 2. The molecule has 0 aromatic heterocycles. The zero-order chi connectivity index (χ0) is 16.9. The summed E-state index contributed by atoms with van der Waals surface area (Å²) in [7, 11) is -0.380. The summed E-state index contributed by atoms with van der Waals surface area (Å²) in [5, 5.41) is -0.632. The van der Waals surface area contributed by atoms with Crippen molar-refractivity contribution in [1.29, 1.82) is 0 Å². The smallest absolute Gasteiger partial charge is 0.218 e. The van der Waals surface area contributed by atoms with Gasteiger partial charge in [-0.1, -0.05) is 36.4 Å². The Kier molecular flexibility index (Phi) is 5.63. The summed E-state index contributed by atoms with van der Waals surface area (Å²) >= 11 is 0. The Labute approximate surface area is 137 Å². The van der Waals surface area contributed by atoms with Gasteiger partial charge in [0.25, 0.3) is 0 Å². The van der Waals surface area contributed by atoms with Crippen molar-refractivity contribution in [3.63, 3.8) is 0 Å². The summed E-state index contributed by atoms with van der Waals surface area (Å²) in [5.41, 5.74) is 1.50. The van der Waals surface area contributed by atoms with Crippen molar-refractivity contribution in [3.8, 4) is 11.5 Å². The van der Waals surface area contributed by atoms with E-state index >= 15 is 0 Å². The first-order valence-corrected chi connectivity index (χ1v) is 8.77. The summed E-state index contributed by atoms with van der Waals surface area (Å²) in [6.45, 7) is 1.83. The van der Waals surface area contributed by atoms with E-state index in [9.17, 15) is 8.42 Å².